The molecular weight excluding hydrogens is 323 g/mol. The van der Waals surface area contributed by atoms with Crippen molar-refractivity contribution in [3.8, 4) is 5.75 Å². The van der Waals surface area contributed by atoms with Gasteiger partial charge in [-0.05, 0) is 43.9 Å². The summed E-state index contributed by atoms with van der Waals surface area (Å²) in [4.78, 5) is 0. The molecule has 0 amide bonds. The Bertz CT molecular complexity index is 448. The topological polar surface area (TPSA) is 30.5 Å². The summed E-state index contributed by atoms with van der Waals surface area (Å²) < 4.78 is 10.9. The molecule has 0 aromatic heterocycles. The van der Waals surface area contributed by atoms with Crippen LogP contribution in [0.3, 0.4) is 0 Å². The minimum atomic E-state index is -2.56. The van der Waals surface area contributed by atoms with Crippen LogP contribution < -0.4 is 9.61 Å². The second kappa shape index (κ2) is 8.46. The van der Waals surface area contributed by atoms with Gasteiger partial charge >= 0.3 is 36.2 Å². The van der Waals surface area contributed by atoms with Gasteiger partial charge in [0.25, 0.3) is 0 Å². The van der Waals surface area contributed by atoms with Crippen molar-refractivity contribution in [3.05, 3.63) is 28.2 Å². The molecule has 18 heavy (non-hydrogen) atoms. The average molecular weight is 338 g/mol. The van der Waals surface area contributed by atoms with E-state index < -0.39 is 6.64 Å². The molecule has 0 aliphatic carbocycles. The number of halogens is 2. The summed E-state index contributed by atoms with van der Waals surface area (Å²) in [5.41, 5.74) is 0. The molecule has 0 heterocycles. The van der Waals surface area contributed by atoms with Gasteiger partial charge in [-0.3, -0.25) is 0 Å². The Morgan fingerprint density at radius 2 is 1.94 bits per heavy atom. The molecule has 1 atom stereocenters. The Labute approximate surface area is 145 Å². The fourth-order valence-electron chi connectivity index (χ4n) is 1.11. The second-order valence-corrected chi connectivity index (χ2v) is 7.72. The molecule has 0 aliphatic heterocycles. The van der Waals surface area contributed by atoms with Crippen LogP contribution in [-0.2, 0) is 16.3 Å². The molecule has 98 valence electrons. The van der Waals surface area contributed by atoms with Crippen LogP contribution >= 0.6 is 29.8 Å². The van der Waals surface area contributed by atoms with E-state index in [9.17, 15) is 0 Å². The zero-order chi connectivity index (χ0) is 13.1. The third-order valence-corrected chi connectivity index (χ3v) is 5.04. The molecule has 1 rings (SSSR count). The summed E-state index contributed by atoms with van der Waals surface area (Å²) in [5, 5.41) is 4.04. The van der Waals surface area contributed by atoms with Crippen LogP contribution in [0.5, 0.6) is 5.75 Å². The normalized spacial score (nSPS) is 13.9. The van der Waals surface area contributed by atoms with E-state index in [1.165, 1.54) is 7.11 Å². The summed E-state index contributed by atoms with van der Waals surface area (Å²) in [6.07, 6.45) is 0. The minimum absolute atomic E-state index is 0. The van der Waals surface area contributed by atoms with Gasteiger partial charge in [0.15, 0.2) is 0 Å². The van der Waals surface area contributed by atoms with Crippen molar-refractivity contribution >= 4 is 71.2 Å². The zero-order valence-electron chi connectivity index (χ0n) is 9.74. The molecule has 1 aromatic rings. The van der Waals surface area contributed by atoms with Crippen LogP contribution in [0.2, 0.25) is 10.0 Å². The van der Waals surface area contributed by atoms with E-state index in [-0.39, 0.29) is 35.6 Å². The van der Waals surface area contributed by atoms with Crippen molar-refractivity contribution in [1.29, 1.82) is 0 Å². The SMILES string of the molecule is COP(=S)(NC(C)C)Oc1ccc(Cl)cc1Cl.[NaH]. The fourth-order valence-corrected chi connectivity index (χ4v) is 3.77. The van der Waals surface area contributed by atoms with Crippen LogP contribution in [0.1, 0.15) is 13.8 Å². The molecule has 1 aromatic carbocycles. The molecule has 1 N–H and O–H groups in total. The third-order valence-electron chi connectivity index (χ3n) is 1.77. The summed E-state index contributed by atoms with van der Waals surface area (Å²) in [6.45, 7) is 1.37. The Hall–Kier alpha value is 1.17. The molecule has 8 heteroatoms. The number of hydrogen-bond donors (Lipinski definition) is 1. The Balaban J connectivity index is 0.00000289. The number of hydrogen-bond acceptors (Lipinski definition) is 3. The van der Waals surface area contributed by atoms with Crippen molar-refractivity contribution in [1.82, 2.24) is 5.09 Å². The van der Waals surface area contributed by atoms with E-state index >= 15 is 0 Å². The molecular formula is C10H15Cl2NNaO2PS. The van der Waals surface area contributed by atoms with Crippen molar-refractivity contribution in [2.45, 2.75) is 19.9 Å². The van der Waals surface area contributed by atoms with Gasteiger partial charge in [-0.15, -0.1) is 0 Å². The van der Waals surface area contributed by atoms with E-state index in [2.05, 4.69) is 5.09 Å². The van der Waals surface area contributed by atoms with Crippen LogP contribution in [0.25, 0.3) is 0 Å². The molecule has 0 radical (unpaired) electrons. The van der Waals surface area contributed by atoms with E-state index in [0.29, 0.717) is 15.8 Å². The van der Waals surface area contributed by atoms with Crippen LogP contribution in [0.15, 0.2) is 18.2 Å². The fraction of sp³-hybridized carbons (Fsp3) is 0.400. The monoisotopic (exact) mass is 337 g/mol. The molecule has 0 spiro atoms. The predicted molar refractivity (Wildman–Crippen MR) is 83.8 cm³/mol. The molecule has 0 bridgehead atoms. The van der Waals surface area contributed by atoms with Gasteiger partial charge in [-0.2, -0.15) is 0 Å². The molecule has 0 fully saturated rings. The maximum absolute atomic E-state index is 6.01. The van der Waals surface area contributed by atoms with Crippen molar-refractivity contribution < 1.29 is 9.05 Å². The number of benzene rings is 1. The van der Waals surface area contributed by atoms with Crippen LogP contribution in [-0.4, -0.2) is 42.7 Å². The quantitative estimate of drug-likeness (QED) is 0.657. The van der Waals surface area contributed by atoms with Gasteiger partial charge < -0.3 is 9.05 Å². The van der Waals surface area contributed by atoms with Gasteiger partial charge in [0.05, 0.1) is 5.02 Å². The molecule has 0 saturated carbocycles. The third kappa shape index (κ3) is 6.08. The summed E-state index contributed by atoms with van der Waals surface area (Å²) in [7, 11) is 1.51. The van der Waals surface area contributed by atoms with Gasteiger partial charge in [-0.25, -0.2) is 5.09 Å². The number of rotatable bonds is 5. The van der Waals surface area contributed by atoms with E-state index in [4.69, 9.17) is 44.1 Å². The summed E-state index contributed by atoms with van der Waals surface area (Å²) >= 11 is 17.1. The first-order chi connectivity index (χ1) is 7.86. The Morgan fingerprint density at radius 3 is 2.39 bits per heavy atom. The molecule has 3 nitrogen and oxygen atoms in total. The van der Waals surface area contributed by atoms with Crippen molar-refractivity contribution in [2.75, 3.05) is 7.11 Å². The summed E-state index contributed by atoms with van der Waals surface area (Å²) in [5.74, 6) is 0.467. The van der Waals surface area contributed by atoms with Gasteiger partial charge in [0.1, 0.15) is 5.75 Å². The van der Waals surface area contributed by atoms with E-state index in [0.717, 1.165) is 0 Å². The van der Waals surface area contributed by atoms with Crippen molar-refractivity contribution in [3.63, 3.8) is 0 Å². The molecule has 0 saturated heterocycles. The maximum atomic E-state index is 6.01. The van der Waals surface area contributed by atoms with E-state index in [1.807, 2.05) is 13.8 Å². The number of nitrogens with one attached hydrogen (secondary N) is 1. The average Bonchev–Trinajstić information content (AvgIpc) is 2.21. The Morgan fingerprint density at radius 1 is 1.33 bits per heavy atom. The standard InChI is InChI=1S/C10H14Cl2NO2PS.Na.H/c1-7(2)13-16(17,14-3)15-10-5-4-8(11)6-9(10)12;;/h4-7H,1-3H3,(H,13,17);;. The molecule has 0 aliphatic rings. The zero-order valence-corrected chi connectivity index (χ0v) is 13.0. The van der Waals surface area contributed by atoms with E-state index in [1.54, 1.807) is 18.2 Å². The molecule has 1 unspecified atom stereocenters. The first-order valence-corrected chi connectivity index (χ1v) is 8.34. The summed E-state index contributed by atoms with van der Waals surface area (Å²) in [6, 6.07) is 5.12. The van der Waals surface area contributed by atoms with Crippen LogP contribution in [0, 0.1) is 0 Å². The van der Waals surface area contributed by atoms with Crippen molar-refractivity contribution in [2.24, 2.45) is 0 Å². The van der Waals surface area contributed by atoms with Crippen LogP contribution in [0.4, 0.5) is 0 Å². The second-order valence-electron chi connectivity index (χ2n) is 3.63. The Kier molecular flexibility index (Phi) is 9.00. The van der Waals surface area contributed by atoms with Gasteiger partial charge in [-0.1, -0.05) is 23.2 Å². The first kappa shape index (κ1) is 19.2. The first-order valence-electron chi connectivity index (χ1n) is 4.94. The predicted octanol–water partition coefficient (Wildman–Crippen LogP) is 3.59. The van der Waals surface area contributed by atoms with Gasteiger partial charge in [0.2, 0.25) is 0 Å². The van der Waals surface area contributed by atoms with Gasteiger partial charge in [0, 0.05) is 18.2 Å².